The van der Waals surface area contributed by atoms with Gasteiger partial charge >= 0.3 is 0 Å². The van der Waals surface area contributed by atoms with Crippen LogP contribution in [0.4, 0.5) is 5.82 Å². The van der Waals surface area contributed by atoms with Crippen LogP contribution in [0.1, 0.15) is 24.8 Å². The standard InChI is InChI=1S/C15H18N2O3/c1-4-15(19-9-10-20-15)5-2-11(1)12-3-6-16-14-13(12)18-8-7-17-14/h1,3,6H,2,4-5,7-10H2,(H,16,17). The Bertz CT molecular complexity index is 550. The number of rotatable bonds is 1. The largest absolute Gasteiger partial charge is 0.487 e. The number of nitrogens with one attached hydrogen (secondary N) is 1. The summed E-state index contributed by atoms with van der Waals surface area (Å²) in [5, 5.41) is 3.28. The third-order valence-electron chi connectivity index (χ3n) is 4.14. The van der Waals surface area contributed by atoms with Crippen LogP contribution in [-0.4, -0.2) is 37.1 Å². The van der Waals surface area contributed by atoms with Crippen LogP contribution in [0.2, 0.25) is 0 Å². The van der Waals surface area contributed by atoms with Crippen molar-refractivity contribution < 1.29 is 14.2 Å². The molecule has 1 spiro atoms. The number of aromatic nitrogens is 1. The summed E-state index contributed by atoms with van der Waals surface area (Å²) in [6, 6.07) is 2.03. The zero-order valence-electron chi connectivity index (χ0n) is 11.4. The molecule has 1 aliphatic carbocycles. The molecule has 4 rings (SSSR count). The van der Waals surface area contributed by atoms with E-state index in [1.165, 1.54) is 5.57 Å². The molecule has 3 heterocycles. The van der Waals surface area contributed by atoms with Gasteiger partial charge in [-0.3, -0.25) is 0 Å². The minimum atomic E-state index is -0.365. The summed E-state index contributed by atoms with van der Waals surface area (Å²) in [5.74, 6) is 1.37. The maximum absolute atomic E-state index is 5.80. The average Bonchev–Trinajstić information content (AvgIpc) is 2.96. The maximum Gasteiger partial charge on any atom is 0.172 e. The molecule has 0 radical (unpaired) electrons. The van der Waals surface area contributed by atoms with Crippen molar-refractivity contribution in [3.63, 3.8) is 0 Å². The van der Waals surface area contributed by atoms with Crippen molar-refractivity contribution in [3.05, 3.63) is 23.9 Å². The van der Waals surface area contributed by atoms with Gasteiger partial charge in [0, 0.05) is 24.6 Å². The second kappa shape index (κ2) is 4.75. The minimum Gasteiger partial charge on any atom is -0.487 e. The van der Waals surface area contributed by atoms with Crippen molar-refractivity contribution >= 4 is 11.4 Å². The van der Waals surface area contributed by atoms with Crippen molar-refractivity contribution in [1.29, 1.82) is 0 Å². The molecule has 1 N–H and O–H groups in total. The van der Waals surface area contributed by atoms with E-state index in [0.29, 0.717) is 19.8 Å². The van der Waals surface area contributed by atoms with Crippen LogP contribution in [0.15, 0.2) is 18.3 Å². The second-order valence-corrected chi connectivity index (χ2v) is 5.35. The molecule has 5 heteroatoms. The lowest BCUT2D eigenvalue weighted by atomic mass is 9.89. The van der Waals surface area contributed by atoms with Gasteiger partial charge in [-0.2, -0.15) is 0 Å². The molecule has 0 amide bonds. The quantitative estimate of drug-likeness (QED) is 0.850. The Kier molecular flexibility index (Phi) is 2.89. The highest BCUT2D eigenvalue weighted by molar-refractivity contribution is 5.76. The summed E-state index contributed by atoms with van der Waals surface area (Å²) in [6.07, 6.45) is 6.72. The van der Waals surface area contributed by atoms with Gasteiger partial charge in [0.1, 0.15) is 6.61 Å². The minimum absolute atomic E-state index is 0.365. The lowest BCUT2D eigenvalue weighted by molar-refractivity contribution is -0.159. The van der Waals surface area contributed by atoms with Crippen LogP contribution < -0.4 is 10.1 Å². The van der Waals surface area contributed by atoms with Gasteiger partial charge in [-0.1, -0.05) is 6.08 Å². The van der Waals surface area contributed by atoms with Crippen molar-refractivity contribution in [1.82, 2.24) is 4.98 Å². The Balaban J connectivity index is 1.64. The summed E-state index contributed by atoms with van der Waals surface area (Å²) in [5.41, 5.74) is 2.45. The van der Waals surface area contributed by atoms with Crippen molar-refractivity contribution in [2.75, 3.05) is 31.7 Å². The SMILES string of the molecule is C1=C(c2ccnc3c2OCCN3)CCC2(C1)OCCO2. The molecule has 1 aromatic rings. The van der Waals surface area contributed by atoms with Gasteiger partial charge < -0.3 is 19.5 Å². The first-order chi connectivity index (χ1) is 9.86. The summed E-state index contributed by atoms with van der Waals surface area (Å²) < 4.78 is 17.3. The van der Waals surface area contributed by atoms with E-state index in [0.717, 1.165) is 42.9 Å². The van der Waals surface area contributed by atoms with Crippen LogP contribution in [0.5, 0.6) is 5.75 Å². The fraction of sp³-hybridized carbons (Fsp3) is 0.533. The van der Waals surface area contributed by atoms with Gasteiger partial charge in [0.15, 0.2) is 17.4 Å². The number of anilines is 1. The van der Waals surface area contributed by atoms with E-state index in [2.05, 4.69) is 16.4 Å². The molecule has 3 aliphatic rings. The zero-order chi connectivity index (χ0) is 13.4. The van der Waals surface area contributed by atoms with E-state index in [9.17, 15) is 0 Å². The third kappa shape index (κ3) is 1.98. The van der Waals surface area contributed by atoms with Crippen LogP contribution in [-0.2, 0) is 9.47 Å². The molecule has 2 aliphatic heterocycles. The van der Waals surface area contributed by atoms with E-state index in [1.807, 2.05) is 12.3 Å². The van der Waals surface area contributed by atoms with Gasteiger partial charge in [-0.05, 0) is 18.1 Å². The van der Waals surface area contributed by atoms with Gasteiger partial charge in [0.05, 0.1) is 19.8 Å². The number of allylic oxidation sites excluding steroid dienone is 1. The first-order valence-corrected chi connectivity index (χ1v) is 7.19. The summed E-state index contributed by atoms with van der Waals surface area (Å²) in [7, 11) is 0. The van der Waals surface area contributed by atoms with Crippen molar-refractivity contribution in [2.24, 2.45) is 0 Å². The van der Waals surface area contributed by atoms with Crippen LogP contribution in [0.25, 0.3) is 5.57 Å². The molecule has 5 nitrogen and oxygen atoms in total. The fourth-order valence-corrected chi connectivity index (χ4v) is 3.11. The molecule has 0 bridgehead atoms. The summed E-state index contributed by atoms with van der Waals surface area (Å²) >= 11 is 0. The lowest BCUT2D eigenvalue weighted by Gasteiger charge is -2.31. The molecule has 0 aromatic carbocycles. The van der Waals surface area contributed by atoms with E-state index >= 15 is 0 Å². The summed E-state index contributed by atoms with van der Waals surface area (Å²) in [6.45, 7) is 2.92. The number of pyridine rings is 1. The Morgan fingerprint density at radius 1 is 1.20 bits per heavy atom. The van der Waals surface area contributed by atoms with Gasteiger partial charge in [0.2, 0.25) is 0 Å². The normalized spacial score (nSPS) is 23.7. The topological polar surface area (TPSA) is 52.6 Å². The Morgan fingerprint density at radius 3 is 2.90 bits per heavy atom. The third-order valence-corrected chi connectivity index (χ3v) is 4.14. The predicted molar refractivity (Wildman–Crippen MR) is 74.7 cm³/mol. The molecule has 0 unspecified atom stereocenters. The number of hydrogen-bond donors (Lipinski definition) is 1. The van der Waals surface area contributed by atoms with Crippen LogP contribution >= 0.6 is 0 Å². The van der Waals surface area contributed by atoms with E-state index in [4.69, 9.17) is 14.2 Å². The zero-order valence-corrected chi connectivity index (χ0v) is 11.4. The number of fused-ring (bicyclic) bond motifs is 1. The molecule has 0 saturated carbocycles. The van der Waals surface area contributed by atoms with Crippen LogP contribution in [0.3, 0.4) is 0 Å². The van der Waals surface area contributed by atoms with Crippen LogP contribution in [0, 0.1) is 0 Å². The second-order valence-electron chi connectivity index (χ2n) is 5.35. The van der Waals surface area contributed by atoms with E-state index < -0.39 is 0 Å². The summed E-state index contributed by atoms with van der Waals surface area (Å²) in [4.78, 5) is 4.33. The molecule has 1 aromatic heterocycles. The molecular formula is C15H18N2O3. The molecule has 20 heavy (non-hydrogen) atoms. The van der Waals surface area contributed by atoms with Gasteiger partial charge in [-0.15, -0.1) is 0 Å². The van der Waals surface area contributed by atoms with Crippen molar-refractivity contribution in [3.8, 4) is 5.75 Å². The highest BCUT2D eigenvalue weighted by atomic mass is 16.7. The van der Waals surface area contributed by atoms with Crippen molar-refractivity contribution in [2.45, 2.75) is 25.0 Å². The van der Waals surface area contributed by atoms with Gasteiger partial charge in [0.25, 0.3) is 0 Å². The van der Waals surface area contributed by atoms with E-state index in [-0.39, 0.29) is 5.79 Å². The Labute approximate surface area is 117 Å². The smallest absolute Gasteiger partial charge is 0.172 e. The highest BCUT2D eigenvalue weighted by Gasteiger charge is 2.38. The molecule has 1 fully saturated rings. The monoisotopic (exact) mass is 274 g/mol. The molecular weight excluding hydrogens is 256 g/mol. The van der Waals surface area contributed by atoms with E-state index in [1.54, 1.807) is 0 Å². The predicted octanol–water partition coefficient (Wildman–Crippen LogP) is 2.20. The number of nitrogens with zero attached hydrogens (tertiary/aromatic N) is 1. The lowest BCUT2D eigenvalue weighted by Crippen LogP contribution is -2.31. The first kappa shape index (κ1) is 12.2. The molecule has 0 atom stereocenters. The Hall–Kier alpha value is -1.59. The average molecular weight is 274 g/mol. The number of hydrogen-bond acceptors (Lipinski definition) is 5. The maximum atomic E-state index is 5.80. The highest BCUT2D eigenvalue weighted by Crippen LogP contribution is 2.42. The van der Waals surface area contributed by atoms with Gasteiger partial charge in [-0.25, -0.2) is 4.98 Å². The Morgan fingerprint density at radius 2 is 2.10 bits per heavy atom. The number of ether oxygens (including phenoxy) is 3. The molecule has 1 saturated heterocycles. The first-order valence-electron chi connectivity index (χ1n) is 7.19. The fourth-order valence-electron chi connectivity index (χ4n) is 3.11. The molecule has 106 valence electrons.